The van der Waals surface area contributed by atoms with E-state index in [0.29, 0.717) is 18.8 Å². The number of nitrogens with one attached hydrogen (secondary N) is 1. The molecule has 2 amide bonds. The van der Waals surface area contributed by atoms with Crippen LogP contribution < -0.4 is 15.0 Å². The topological polar surface area (TPSA) is 61.9 Å². The zero-order chi connectivity index (χ0) is 18.7. The molecule has 1 atom stereocenters. The van der Waals surface area contributed by atoms with Crippen LogP contribution in [0.5, 0.6) is 5.75 Å². The molecular formula is C20H29N3O3. The van der Waals surface area contributed by atoms with E-state index in [1.807, 2.05) is 24.3 Å². The van der Waals surface area contributed by atoms with Gasteiger partial charge in [0.1, 0.15) is 5.75 Å². The molecule has 1 saturated carbocycles. The molecule has 1 aromatic rings. The largest absolute Gasteiger partial charge is 0.479 e. The van der Waals surface area contributed by atoms with Gasteiger partial charge in [-0.1, -0.05) is 25.0 Å². The number of fused-ring (bicyclic) bond motifs is 1. The van der Waals surface area contributed by atoms with Crippen molar-refractivity contribution in [3.8, 4) is 5.75 Å². The molecule has 2 aliphatic rings. The fourth-order valence-electron chi connectivity index (χ4n) is 3.97. The summed E-state index contributed by atoms with van der Waals surface area (Å²) >= 11 is 0. The molecule has 1 aliphatic carbocycles. The molecule has 3 rings (SSSR count). The molecule has 1 N–H and O–H groups in total. The third kappa shape index (κ3) is 3.70. The van der Waals surface area contributed by atoms with Crippen molar-refractivity contribution in [2.24, 2.45) is 0 Å². The van der Waals surface area contributed by atoms with Crippen LogP contribution in [0.25, 0.3) is 0 Å². The van der Waals surface area contributed by atoms with E-state index in [9.17, 15) is 9.59 Å². The number of amides is 2. The van der Waals surface area contributed by atoms with E-state index in [1.54, 1.807) is 11.8 Å². The second kappa shape index (κ2) is 7.66. The van der Waals surface area contributed by atoms with Crippen LogP contribution in [-0.4, -0.2) is 55.5 Å². The number of para-hydroxylation sites is 2. The lowest BCUT2D eigenvalue weighted by atomic mass is 9.96. The third-order valence-electron chi connectivity index (χ3n) is 5.73. The average molecular weight is 359 g/mol. The Bertz CT molecular complexity index is 668. The van der Waals surface area contributed by atoms with Crippen LogP contribution >= 0.6 is 0 Å². The number of ether oxygens (including phenoxy) is 1. The molecule has 0 spiro atoms. The summed E-state index contributed by atoms with van der Waals surface area (Å²) < 4.78 is 5.64. The summed E-state index contributed by atoms with van der Waals surface area (Å²) in [5, 5.41) is 3.09. The minimum absolute atomic E-state index is 0.0115. The zero-order valence-corrected chi connectivity index (χ0v) is 16.0. The lowest BCUT2D eigenvalue weighted by Gasteiger charge is -2.36. The first-order valence-electron chi connectivity index (χ1n) is 9.44. The Labute approximate surface area is 155 Å². The van der Waals surface area contributed by atoms with E-state index in [-0.39, 0.29) is 23.8 Å². The molecule has 0 aromatic heterocycles. The van der Waals surface area contributed by atoms with E-state index >= 15 is 0 Å². The number of benzene rings is 1. The molecule has 26 heavy (non-hydrogen) atoms. The fraction of sp³-hybridized carbons (Fsp3) is 0.600. The van der Waals surface area contributed by atoms with Crippen LogP contribution in [0.1, 0.15) is 39.0 Å². The predicted molar refractivity (Wildman–Crippen MR) is 101 cm³/mol. The molecule has 142 valence electrons. The molecule has 6 heteroatoms. The van der Waals surface area contributed by atoms with Gasteiger partial charge in [0, 0.05) is 25.0 Å². The highest BCUT2D eigenvalue weighted by atomic mass is 16.5. The molecule has 1 fully saturated rings. The Balaban J connectivity index is 1.58. The predicted octanol–water partition coefficient (Wildman–Crippen LogP) is 2.18. The number of nitrogens with zero attached hydrogens (tertiary/aromatic N) is 2. The highest BCUT2D eigenvalue weighted by Crippen LogP contribution is 2.34. The normalized spacial score (nSPS) is 21.5. The van der Waals surface area contributed by atoms with Crippen molar-refractivity contribution >= 4 is 17.5 Å². The van der Waals surface area contributed by atoms with Crippen LogP contribution in [0.3, 0.4) is 0 Å². The van der Waals surface area contributed by atoms with Gasteiger partial charge in [0.05, 0.1) is 5.69 Å². The smallest absolute Gasteiger partial charge is 0.267 e. The summed E-state index contributed by atoms with van der Waals surface area (Å²) in [6.07, 6.45) is 4.43. The highest BCUT2D eigenvalue weighted by molar-refractivity contribution is 6.00. The Hall–Kier alpha value is -2.08. The monoisotopic (exact) mass is 359 g/mol. The Morgan fingerprint density at radius 1 is 1.31 bits per heavy atom. The molecule has 0 bridgehead atoms. The van der Waals surface area contributed by atoms with Crippen molar-refractivity contribution in [3.05, 3.63) is 24.3 Å². The number of hydrogen-bond donors (Lipinski definition) is 1. The Kier molecular flexibility index (Phi) is 5.51. The number of likely N-dealkylation sites (N-methyl/N-ethyl adjacent to an activating group) is 1. The first kappa shape index (κ1) is 18.7. The van der Waals surface area contributed by atoms with Crippen molar-refractivity contribution in [3.63, 3.8) is 0 Å². The maximum Gasteiger partial charge on any atom is 0.267 e. The van der Waals surface area contributed by atoms with Crippen molar-refractivity contribution < 1.29 is 14.3 Å². The minimum Gasteiger partial charge on any atom is -0.479 e. The van der Waals surface area contributed by atoms with Crippen molar-refractivity contribution in [2.45, 2.75) is 50.7 Å². The van der Waals surface area contributed by atoms with E-state index in [4.69, 9.17) is 4.74 Å². The van der Waals surface area contributed by atoms with Crippen LogP contribution in [0, 0.1) is 0 Å². The maximum atomic E-state index is 12.5. The summed E-state index contributed by atoms with van der Waals surface area (Å²) in [4.78, 5) is 28.8. The van der Waals surface area contributed by atoms with Gasteiger partial charge in [-0.25, -0.2) is 0 Å². The van der Waals surface area contributed by atoms with Gasteiger partial charge in [0.15, 0.2) is 6.10 Å². The standard InChI is InChI=1S/C20H29N3O3/c1-15-19(25)23(16-8-4-5-9-17(16)26-15)13-10-18(24)21-14-20(22(2)3)11-6-7-12-20/h4-5,8-9,15H,6-7,10-14H2,1-3H3,(H,21,24). The molecule has 6 nitrogen and oxygen atoms in total. The Morgan fingerprint density at radius 3 is 2.69 bits per heavy atom. The van der Waals surface area contributed by atoms with Crippen LogP contribution in [0.4, 0.5) is 5.69 Å². The average Bonchev–Trinajstić information content (AvgIpc) is 3.11. The van der Waals surface area contributed by atoms with Crippen LogP contribution in [0.15, 0.2) is 24.3 Å². The van der Waals surface area contributed by atoms with Crippen molar-refractivity contribution in [2.75, 3.05) is 32.1 Å². The molecule has 1 aromatic carbocycles. The van der Waals surface area contributed by atoms with Crippen molar-refractivity contribution in [1.82, 2.24) is 10.2 Å². The van der Waals surface area contributed by atoms with Gasteiger partial charge in [-0.3, -0.25) is 9.59 Å². The third-order valence-corrected chi connectivity index (χ3v) is 5.73. The highest BCUT2D eigenvalue weighted by Gasteiger charge is 2.36. The van der Waals surface area contributed by atoms with E-state index in [1.165, 1.54) is 12.8 Å². The molecule has 0 saturated heterocycles. The summed E-state index contributed by atoms with van der Waals surface area (Å²) in [5.41, 5.74) is 0.815. The van der Waals surface area contributed by atoms with Crippen molar-refractivity contribution in [1.29, 1.82) is 0 Å². The summed E-state index contributed by atoms with van der Waals surface area (Å²) in [5.74, 6) is 0.581. The van der Waals surface area contributed by atoms with Gasteiger partial charge < -0.3 is 19.9 Å². The second-order valence-corrected chi connectivity index (χ2v) is 7.57. The zero-order valence-electron chi connectivity index (χ0n) is 16.0. The van der Waals surface area contributed by atoms with Gasteiger partial charge in [-0.2, -0.15) is 0 Å². The first-order chi connectivity index (χ1) is 12.4. The summed E-state index contributed by atoms with van der Waals surface area (Å²) in [7, 11) is 4.17. The number of carbonyl (C=O) groups is 2. The Morgan fingerprint density at radius 2 is 2.00 bits per heavy atom. The lowest BCUT2D eigenvalue weighted by Crippen LogP contribution is -2.51. The number of carbonyl (C=O) groups excluding carboxylic acids is 2. The van der Waals surface area contributed by atoms with Gasteiger partial charge in [-0.15, -0.1) is 0 Å². The molecule has 1 heterocycles. The molecular weight excluding hydrogens is 330 g/mol. The molecule has 0 radical (unpaired) electrons. The number of rotatable bonds is 6. The lowest BCUT2D eigenvalue weighted by molar-refractivity contribution is -0.125. The SMILES string of the molecule is CC1Oc2ccccc2N(CCC(=O)NCC2(N(C)C)CCCC2)C1=O. The van der Waals surface area contributed by atoms with Gasteiger partial charge in [0.2, 0.25) is 5.91 Å². The van der Waals surface area contributed by atoms with Crippen LogP contribution in [0.2, 0.25) is 0 Å². The summed E-state index contributed by atoms with van der Waals surface area (Å²) in [6.45, 7) is 2.78. The van der Waals surface area contributed by atoms with E-state index in [2.05, 4.69) is 24.3 Å². The van der Waals surface area contributed by atoms with Gasteiger partial charge >= 0.3 is 0 Å². The number of anilines is 1. The molecule has 1 unspecified atom stereocenters. The molecule has 1 aliphatic heterocycles. The number of hydrogen-bond acceptors (Lipinski definition) is 4. The van der Waals surface area contributed by atoms with Gasteiger partial charge in [0.25, 0.3) is 5.91 Å². The maximum absolute atomic E-state index is 12.5. The van der Waals surface area contributed by atoms with E-state index in [0.717, 1.165) is 18.5 Å². The fourth-order valence-corrected chi connectivity index (χ4v) is 3.97. The minimum atomic E-state index is -0.525. The van der Waals surface area contributed by atoms with E-state index < -0.39 is 6.10 Å². The quantitative estimate of drug-likeness (QED) is 0.846. The van der Waals surface area contributed by atoms with Crippen LogP contribution in [-0.2, 0) is 9.59 Å². The second-order valence-electron chi connectivity index (χ2n) is 7.57. The first-order valence-corrected chi connectivity index (χ1v) is 9.44. The van der Waals surface area contributed by atoms with Gasteiger partial charge in [-0.05, 0) is 46.0 Å². The summed E-state index contributed by atoms with van der Waals surface area (Å²) in [6, 6.07) is 7.47.